The number of aryl methyl sites for hydroxylation is 1. The highest BCUT2D eigenvalue weighted by Gasteiger charge is 2.20. The number of pyridine rings is 2. The number of fused-ring (bicyclic) bond motifs is 1. The molecule has 4 N–H and O–H groups in total. The van der Waals surface area contributed by atoms with Crippen molar-refractivity contribution in [1.82, 2.24) is 9.97 Å². The Morgan fingerprint density at radius 2 is 1.74 bits per heavy atom. The predicted molar refractivity (Wildman–Crippen MR) is 109 cm³/mol. The fourth-order valence-electron chi connectivity index (χ4n) is 3.14. The lowest BCUT2D eigenvalue weighted by molar-refractivity contribution is 0.471. The Balaban J connectivity index is 1.86. The van der Waals surface area contributed by atoms with Crippen LogP contribution in [-0.2, 0) is 0 Å². The van der Waals surface area contributed by atoms with E-state index in [4.69, 9.17) is 5.73 Å². The molecule has 0 saturated carbocycles. The van der Waals surface area contributed by atoms with Gasteiger partial charge in [0.2, 0.25) is 0 Å². The molecule has 134 valence electrons. The summed E-state index contributed by atoms with van der Waals surface area (Å²) in [4.78, 5) is 8.88. The molecule has 1 unspecified atom stereocenters. The molecule has 0 radical (unpaired) electrons. The van der Waals surface area contributed by atoms with E-state index in [0.717, 1.165) is 28.0 Å². The van der Waals surface area contributed by atoms with Crippen molar-refractivity contribution in [3.8, 4) is 5.75 Å². The fraction of sp³-hybridized carbons (Fsp3) is 0.0909. The molecule has 0 bridgehead atoms. The highest BCUT2D eigenvalue weighted by atomic mass is 16.3. The molecule has 27 heavy (non-hydrogen) atoms. The predicted octanol–water partition coefficient (Wildman–Crippen LogP) is 4.43. The highest BCUT2D eigenvalue weighted by Crippen LogP contribution is 2.36. The zero-order chi connectivity index (χ0) is 18.8. The summed E-state index contributed by atoms with van der Waals surface area (Å²) in [6, 6.07) is 20.8. The molecule has 5 heteroatoms. The van der Waals surface area contributed by atoms with Gasteiger partial charge < -0.3 is 16.2 Å². The third-order valence-corrected chi connectivity index (χ3v) is 4.54. The Morgan fingerprint density at radius 1 is 0.963 bits per heavy atom. The van der Waals surface area contributed by atoms with Crippen LogP contribution in [-0.4, -0.2) is 15.1 Å². The van der Waals surface area contributed by atoms with Gasteiger partial charge in [-0.25, -0.2) is 9.97 Å². The number of nitrogens with zero attached hydrogens (tertiary/aromatic N) is 2. The molecule has 4 rings (SSSR count). The number of hydrogen-bond acceptors (Lipinski definition) is 5. The Morgan fingerprint density at radius 3 is 2.48 bits per heavy atom. The molecule has 0 spiro atoms. The van der Waals surface area contributed by atoms with Gasteiger partial charge >= 0.3 is 0 Å². The normalized spacial score (nSPS) is 12.0. The maximum absolute atomic E-state index is 11.0. The highest BCUT2D eigenvalue weighted by molar-refractivity contribution is 5.86. The molecule has 0 aliphatic heterocycles. The van der Waals surface area contributed by atoms with E-state index in [0.29, 0.717) is 11.2 Å². The first-order valence-electron chi connectivity index (χ1n) is 8.74. The molecule has 5 nitrogen and oxygen atoms in total. The molecule has 0 saturated heterocycles. The number of benzene rings is 2. The second-order valence-electron chi connectivity index (χ2n) is 6.49. The first-order chi connectivity index (χ1) is 13.1. The van der Waals surface area contributed by atoms with Crippen LogP contribution in [0.15, 0.2) is 72.9 Å². The molecule has 2 aromatic heterocycles. The summed E-state index contributed by atoms with van der Waals surface area (Å²) in [7, 11) is 0. The zero-order valence-corrected chi connectivity index (χ0v) is 14.9. The van der Waals surface area contributed by atoms with Gasteiger partial charge in [0.25, 0.3) is 0 Å². The van der Waals surface area contributed by atoms with E-state index in [9.17, 15) is 5.11 Å². The summed E-state index contributed by atoms with van der Waals surface area (Å²) >= 11 is 0. The minimum atomic E-state index is -0.299. The van der Waals surface area contributed by atoms with Gasteiger partial charge in [0.15, 0.2) is 0 Å². The number of phenolic OH excluding ortho intramolecular Hbond substituents is 1. The maximum atomic E-state index is 11.0. The number of hydrogen-bond donors (Lipinski definition) is 3. The van der Waals surface area contributed by atoms with Crippen LogP contribution in [0.2, 0.25) is 0 Å². The lowest BCUT2D eigenvalue weighted by Crippen LogP contribution is -2.13. The van der Waals surface area contributed by atoms with Gasteiger partial charge in [-0.05, 0) is 42.8 Å². The van der Waals surface area contributed by atoms with E-state index in [1.54, 1.807) is 6.20 Å². The van der Waals surface area contributed by atoms with E-state index in [2.05, 4.69) is 15.3 Å². The monoisotopic (exact) mass is 356 g/mol. The van der Waals surface area contributed by atoms with Crippen LogP contribution in [0.3, 0.4) is 0 Å². The van der Waals surface area contributed by atoms with Crippen molar-refractivity contribution in [2.75, 3.05) is 11.1 Å². The summed E-state index contributed by atoms with van der Waals surface area (Å²) < 4.78 is 0. The van der Waals surface area contributed by atoms with Crippen molar-refractivity contribution in [3.63, 3.8) is 0 Å². The molecular formula is C22H20N4O. The summed E-state index contributed by atoms with van der Waals surface area (Å²) in [5.41, 5.74) is 9.69. The molecule has 0 aliphatic carbocycles. The quantitative estimate of drug-likeness (QED) is 0.471. The number of nitrogens with two attached hydrogens (primary N) is 1. The molecule has 0 amide bonds. The SMILES string of the molecule is Cc1ccc2ccc(C(Nc3ccccn3)c3ccc(N)cc3)c(O)c2n1. The van der Waals surface area contributed by atoms with Crippen molar-refractivity contribution in [3.05, 3.63) is 89.7 Å². The summed E-state index contributed by atoms with van der Waals surface area (Å²) in [5.74, 6) is 0.887. The first-order valence-corrected chi connectivity index (χ1v) is 8.74. The topological polar surface area (TPSA) is 84.1 Å². The van der Waals surface area contributed by atoms with Gasteiger partial charge in [0.1, 0.15) is 17.1 Å². The van der Waals surface area contributed by atoms with Gasteiger partial charge in [-0.1, -0.05) is 36.4 Å². The smallest absolute Gasteiger partial charge is 0.147 e. The third-order valence-electron chi connectivity index (χ3n) is 4.54. The van der Waals surface area contributed by atoms with E-state index in [1.165, 1.54) is 0 Å². The minimum absolute atomic E-state index is 0.168. The van der Waals surface area contributed by atoms with Crippen LogP contribution >= 0.6 is 0 Å². The number of anilines is 2. The van der Waals surface area contributed by atoms with Crippen LogP contribution in [0.5, 0.6) is 5.75 Å². The average molecular weight is 356 g/mol. The van der Waals surface area contributed by atoms with Crippen molar-refractivity contribution in [1.29, 1.82) is 0 Å². The third kappa shape index (κ3) is 3.40. The lowest BCUT2D eigenvalue weighted by atomic mass is 9.96. The molecule has 0 fully saturated rings. The molecule has 1 atom stereocenters. The maximum Gasteiger partial charge on any atom is 0.147 e. The van der Waals surface area contributed by atoms with Crippen LogP contribution < -0.4 is 11.1 Å². The number of aromatic hydroxyl groups is 1. The van der Waals surface area contributed by atoms with Gasteiger partial charge in [-0.15, -0.1) is 0 Å². The Kier molecular flexibility index (Phi) is 4.34. The molecule has 2 aromatic carbocycles. The summed E-state index contributed by atoms with van der Waals surface area (Å²) in [5, 5.41) is 15.3. The molecule has 0 aliphatic rings. The van der Waals surface area contributed by atoms with Crippen LogP contribution in [0.1, 0.15) is 22.9 Å². The van der Waals surface area contributed by atoms with Crippen molar-refractivity contribution in [2.24, 2.45) is 0 Å². The van der Waals surface area contributed by atoms with E-state index >= 15 is 0 Å². The van der Waals surface area contributed by atoms with Crippen LogP contribution in [0, 0.1) is 6.92 Å². The van der Waals surface area contributed by atoms with Gasteiger partial charge in [-0.2, -0.15) is 0 Å². The van der Waals surface area contributed by atoms with E-state index in [1.807, 2.05) is 73.7 Å². The average Bonchev–Trinajstić information content (AvgIpc) is 2.69. The number of aromatic nitrogens is 2. The number of rotatable bonds is 4. The minimum Gasteiger partial charge on any atom is -0.505 e. The Bertz CT molecular complexity index is 1080. The lowest BCUT2D eigenvalue weighted by Gasteiger charge is -2.22. The van der Waals surface area contributed by atoms with Crippen LogP contribution in [0.4, 0.5) is 11.5 Å². The number of nitrogens with one attached hydrogen (secondary N) is 1. The first kappa shape index (κ1) is 16.8. The Labute approximate surface area is 157 Å². The molecule has 2 heterocycles. The summed E-state index contributed by atoms with van der Waals surface area (Å²) in [6.07, 6.45) is 1.73. The number of phenols is 1. The molecular weight excluding hydrogens is 336 g/mol. The summed E-state index contributed by atoms with van der Waals surface area (Å²) in [6.45, 7) is 1.91. The van der Waals surface area contributed by atoms with E-state index < -0.39 is 0 Å². The Hall–Kier alpha value is -3.60. The van der Waals surface area contributed by atoms with Crippen molar-refractivity contribution < 1.29 is 5.11 Å². The molecule has 4 aromatic rings. The van der Waals surface area contributed by atoms with Crippen LogP contribution in [0.25, 0.3) is 10.9 Å². The van der Waals surface area contributed by atoms with Gasteiger partial charge in [-0.3, -0.25) is 0 Å². The largest absolute Gasteiger partial charge is 0.505 e. The van der Waals surface area contributed by atoms with E-state index in [-0.39, 0.29) is 11.8 Å². The van der Waals surface area contributed by atoms with Crippen molar-refractivity contribution >= 4 is 22.4 Å². The van der Waals surface area contributed by atoms with Gasteiger partial charge in [0.05, 0.1) is 6.04 Å². The number of nitrogen functional groups attached to an aromatic ring is 1. The van der Waals surface area contributed by atoms with Gasteiger partial charge in [0, 0.05) is 28.5 Å². The zero-order valence-electron chi connectivity index (χ0n) is 14.9. The fourth-order valence-corrected chi connectivity index (χ4v) is 3.14. The van der Waals surface area contributed by atoms with Crippen molar-refractivity contribution in [2.45, 2.75) is 13.0 Å². The second kappa shape index (κ2) is 6.96. The standard InChI is InChI=1S/C22H20N4O/c1-14-5-6-16-9-12-18(22(27)21(16)25-14)20(15-7-10-17(23)11-8-15)26-19-4-2-3-13-24-19/h2-13,20,27H,23H2,1H3,(H,24,26). The second-order valence-corrected chi connectivity index (χ2v) is 6.49.